The summed E-state index contributed by atoms with van der Waals surface area (Å²) in [6.07, 6.45) is 0. The summed E-state index contributed by atoms with van der Waals surface area (Å²) in [7, 11) is 0. The summed E-state index contributed by atoms with van der Waals surface area (Å²) in [5.74, 6) is 5.14. The van der Waals surface area contributed by atoms with E-state index >= 15 is 0 Å². The molecule has 0 N–H and O–H groups in total. The molecule has 2 aliphatic heterocycles. The Morgan fingerprint density at radius 1 is 0.812 bits per heavy atom. The van der Waals surface area contributed by atoms with Gasteiger partial charge in [-0.25, -0.2) is 0 Å². The summed E-state index contributed by atoms with van der Waals surface area (Å²) in [4.78, 5) is 0. The Morgan fingerprint density at radius 2 is 1.44 bits per heavy atom. The van der Waals surface area contributed by atoms with Crippen molar-refractivity contribution in [3.63, 3.8) is 0 Å². The van der Waals surface area contributed by atoms with E-state index in [1.807, 2.05) is 0 Å². The molecule has 85 valence electrons. The third-order valence-electron chi connectivity index (χ3n) is 2.67. The maximum Gasteiger partial charge on any atom is 0.115 e. The zero-order chi connectivity index (χ0) is 10.8. The summed E-state index contributed by atoms with van der Waals surface area (Å²) in [6, 6.07) is 11.0. The Morgan fingerprint density at radius 3 is 2.06 bits per heavy atom. The molecule has 4 heteroatoms. The minimum atomic E-state index is 0.243. The summed E-state index contributed by atoms with van der Waals surface area (Å²) in [5.41, 5.74) is 1.49. The summed E-state index contributed by atoms with van der Waals surface area (Å²) >= 11 is 8.39. The summed E-state index contributed by atoms with van der Waals surface area (Å²) in [6.45, 7) is 0. The predicted molar refractivity (Wildman–Crippen MR) is 81.2 cm³/mol. The monoisotopic (exact) mass is 285 g/mol. The quantitative estimate of drug-likeness (QED) is 0.794. The van der Waals surface area contributed by atoms with Crippen LogP contribution in [0.2, 0.25) is 0 Å². The fourth-order valence-corrected chi connectivity index (χ4v) is 8.79. The molecule has 3 rings (SSSR count). The van der Waals surface area contributed by atoms with Gasteiger partial charge in [-0.05, 0) is 5.56 Å². The molecule has 0 aliphatic carbocycles. The third-order valence-corrected chi connectivity index (χ3v) is 9.58. The maximum atomic E-state index is 2.29. The van der Waals surface area contributed by atoms with E-state index in [9.17, 15) is 0 Å². The van der Waals surface area contributed by atoms with Crippen LogP contribution in [0, 0.1) is 4.58 Å². The van der Waals surface area contributed by atoms with E-state index in [1.165, 1.54) is 28.6 Å². The lowest BCUT2D eigenvalue weighted by Gasteiger charge is -2.32. The van der Waals surface area contributed by atoms with Crippen LogP contribution in [-0.4, -0.2) is 23.0 Å². The first-order valence-corrected chi connectivity index (χ1v) is 9.32. The van der Waals surface area contributed by atoms with Gasteiger partial charge >= 0.3 is 0 Å². The van der Waals surface area contributed by atoms with Crippen LogP contribution in [0.3, 0.4) is 0 Å². The topological polar surface area (TPSA) is 0 Å². The predicted octanol–water partition coefficient (Wildman–Crippen LogP) is 4.29. The molecule has 2 fully saturated rings. The average molecular weight is 286 g/mol. The number of hydrogen-bond donors (Lipinski definition) is 0. The number of rotatable bonds is 2. The Hall–Kier alpha value is 0.620. The van der Waals surface area contributed by atoms with Crippen molar-refractivity contribution in [2.45, 2.75) is 4.08 Å². The van der Waals surface area contributed by atoms with Gasteiger partial charge in [0.15, 0.2) is 0 Å². The van der Waals surface area contributed by atoms with Crippen molar-refractivity contribution in [2.75, 3.05) is 23.0 Å². The van der Waals surface area contributed by atoms with Crippen molar-refractivity contribution in [1.29, 1.82) is 0 Å². The summed E-state index contributed by atoms with van der Waals surface area (Å²) in [5, 5.41) is 0. The maximum absolute atomic E-state index is 2.29. The molecule has 2 heterocycles. The van der Waals surface area contributed by atoms with Gasteiger partial charge in [0.2, 0.25) is 0 Å². The van der Waals surface area contributed by atoms with Gasteiger partial charge in [0, 0.05) is 23.0 Å². The van der Waals surface area contributed by atoms with E-state index in [0.29, 0.717) is 0 Å². The second-order valence-corrected chi connectivity index (χ2v) is 9.01. The van der Waals surface area contributed by atoms with Crippen LogP contribution in [0.15, 0.2) is 30.3 Å². The second-order valence-electron chi connectivity index (χ2n) is 3.66. The summed E-state index contributed by atoms with van der Waals surface area (Å²) < 4.78 is 1.87. The van der Waals surface area contributed by atoms with E-state index in [0.717, 1.165) is 0 Å². The van der Waals surface area contributed by atoms with E-state index in [2.05, 4.69) is 77.4 Å². The molecule has 1 aromatic carbocycles. The molecular weight excluding hydrogens is 272 g/mol. The van der Waals surface area contributed by atoms with Crippen LogP contribution in [0.1, 0.15) is 5.56 Å². The largest absolute Gasteiger partial charge is 0.138 e. The average Bonchev–Trinajstić information content (AvgIpc) is 3.02. The Labute approximate surface area is 114 Å². The number of benzene rings is 1. The molecule has 0 unspecified atom stereocenters. The SMILES string of the molecule is c1ccc(C2([C]3SCCS3)SCCS2)cc1. The normalized spacial score (nSPS) is 25.0. The Balaban J connectivity index is 1.96. The highest BCUT2D eigenvalue weighted by Gasteiger charge is 2.47. The first-order valence-electron chi connectivity index (χ1n) is 5.38. The lowest BCUT2D eigenvalue weighted by atomic mass is 10.1. The van der Waals surface area contributed by atoms with Gasteiger partial charge in [-0.2, -0.15) is 0 Å². The minimum absolute atomic E-state index is 0.243. The standard InChI is InChI=1S/C12H13S4/c1-2-4-10(5-3-1)12(15-8-9-16-12)11-13-6-7-14-11/h1-5H,6-9H2. The molecule has 0 bridgehead atoms. The van der Waals surface area contributed by atoms with Gasteiger partial charge in [0.1, 0.15) is 8.66 Å². The highest BCUT2D eigenvalue weighted by Crippen LogP contribution is 2.65. The van der Waals surface area contributed by atoms with Crippen LogP contribution in [0.5, 0.6) is 0 Å². The lowest BCUT2D eigenvalue weighted by Crippen LogP contribution is -2.18. The van der Waals surface area contributed by atoms with Crippen LogP contribution in [0.4, 0.5) is 0 Å². The highest BCUT2D eigenvalue weighted by molar-refractivity contribution is 8.29. The van der Waals surface area contributed by atoms with Crippen LogP contribution in [0.25, 0.3) is 0 Å². The van der Waals surface area contributed by atoms with Gasteiger partial charge in [-0.3, -0.25) is 0 Å². The van der Waals surface area contributed by atoms with E-state index in [4.69, 9.17) is 0 Å². The Bertz CT molecular complexity index is 339. The first-order chi connectivity index (χ1) is 7.92. The van der Waals surface area contributed by atoms with Crippen LogP contribution >= 0.6 is 47.0 Å². The number of hydrogen-bond acceptors (Lipinski definition) is 4. The molecule has 0 aromatic heterocycles. The van der Waals surface area contributed by atoms with E-state index in [1.54, 1.807) is 4.58 Å². The highest BCUT2D eigenvalue weighted by atomic mass is 32.2. The number of thioether (sulfide) groups is 4. The molecule has 0 spiro atoms. The minimum Gasteiger partial charge on any atom is -0.138 e. The van der Waals surface area contributed by atoms with Crippen LogP contribution in [-0.2, 0) is 4.08 Å². The fourth-order valence-electron chi connectivity index (χ4n) is 1.97. The molecule has 0 amide bonds. The van der Waals surface area contributed by atoms with E-state index < -0.39 is 0 Å². The van der Waals surface area contributed by atoms with Crippen LogP contribution < -0.4 is 0 Å². The van der Waals surface area contributed by atoms with Crippen molar-refractivity contribution >= 4 is 47.0 Å². The lowest BCUT2D eigenvalue weighted by molar-refractivity contribution is 1.10. The Kier molecular flexibility index (Phi) is 3.72. The zero-order valence-electron chi connectivity index (χ0n) is 8.85. The van der Waals surface area contributed by atoms with E-state index in [-0.39, 0.29) is 4.08 Å². The smallest absolute Gasteiger partial charge is 0.115 e. The van der Waals surface area contributed by atoms with Crippen molar-refractivity contribution in [2.24, 2.45) is 0 Å². The molecule has 0 atom stereocenters. The van der Waals surface area contributed by atoms with Gasteiger partial charge in [-0.15, -0.1) is 47.0 Å². The molecule has 1 aromatic rings. The van der Waals surface area contributed by atoms with Gasteiger partial charge < -0.3 is 0 Å². The van der Waals surface area contributed by atoms with Crippen molar-refractivity contribution in [1.82, 2.24) is 0 Å². The van der Waals surface area contributed by atoms with Crippen molar-refractivity contribution in [3.8, 4) is 0 Å². The van der Waals surface area contributed by atoms with Crippen molar-refractivity contribution < 1.29 is 0 Å². The second kappa shape index (κ2) is 5.09. The molecule has 0 saturated carbocycles. The third kappa shape index (κ3) is 2.02. The molecule has 1 radical (unpaired) electrons. The van der Waals surface area contributed by atoms with Gasteiger partial charge in [-0.1, -0.05) is 30.3 Å². The zero-order valence-corrected chi connectivity index (χ0v) is 12.1. The van der Waals surface area contributed by atoms with Crippen molar-refractivity contribution in [3.05, 3.63) is 40.5 Å². The molecule has 2 aliphatic rings. The van der Waals surface area contributed by atoms with Gasteiger partial charge in [0.05, 0.1) is 0 Å². The first kappa shape index (κ1) is 11.7. The molecule has 16 heavy (non-hydrogen) atoms. The molecule has 0 nitrogen and oxygen atoms in total. The molecule has 2 saturated heterocycles. The fraction of sp³-hybridized carbons (Fsp3) is 0.417. The molecular formula is C12H13S4. The van der Waals surface area contributed by atoms with Gasteiger partial charge in [0.25, 0.3) is 0 Å².